The van der Waals surface area contributed by atoms with Gasteiger partial charge in [0.1, 0.15) is 5.82 Å². The number of piperazine rings is 1. The Balaban J connectivity index is 1.94. The summed E-state index contributed by atoms with van der Waals surface area (Å²) in [5, 5.41) is 0.120. The van der Waals surface area contributed by atoms with Crippen molar-refractivity contribution in [2.45, 2.75) is 39.5 Å². The second kappa shape index (κ2) is 9.18. The first kappa shape index (κ1) is 19.7. The van der Waals surface area contributed by atoms with Crippen molar-refractivity contribution in [3.8, 4) is 0 Å². The largest absolute Gasteiger partial charge is 0.339 e. The number of carbonyl (C=O) groups is 2. The van der Waals surface area contributed by atoms with Crippen molar-refractivity contribution in [3.63, 3.8) is 0 Å². The van der Waals surface area contributed by atoms with E-state index in [9.17, 15) is 14.0 Å². The molecule has 2 rings (SSSR count). The minimum absolute atomic E-state index is 0.0775. The maximum atomic E-state index is 13.1. The Labute approximate surface area is 153 Å². The summed E-state index contributed by atoms with van der Waals surface area (Å²) in [4.78, 5) is 28.7. The van der Waals surface area contributed by atoms with Gasteiger partial charge < -0.3 is 9.80 Å². The Morgan fingerprint density at radius 3 is 2.36 bits per heavy atom. The molecule has 0 aliphatic carbocycles. The van der Waals surface area contributed by atoms with Gasteiger partial charge in [-0.1, -0.05) is 38.3 Å². The quantitative estimate of drug-likeness (QED) is 0.762. The van der Waals surface area contributed by atoms with E-state index in [1.165, 1.54) is 12.1 Å². The van der Waals surface area contributed by atoms with Gasteiger partial charge in [-0.25, -0.2) is 4.39 Å². The average molecular weight is 369 g/mol. The average Bonchev–Trinajstić information content (AvgIpc) is 2.62. The molecule has 6 heteroatoms. The Bertz CT molecular complexity index is 615. The molecule has 0 N–H and O–H groups in total. The number of rotatable bonds is 6. The normalized spacial score (nSPS) is 16.0. The van der Waals surface area contributed by atoms with Crippen LogP contribution in [0.3, 0.4) is 0 Å². The lowest BCUT2D eigenvalue weighted by atomic mass is 9.97. The third-order valence-corrected chi connectivity index (χ3v) is 5.10. The van der Waals surface area contributed by atoms with Gasteiger partial charge in [0.05, 0.1) is 10.6 Å². The summed E-state index contributed by atoms with van der Waals surface area (Å²) in [5.41, 5.74) is 0.303. The van der Waals surface area contributed by atoms with Crippen LogP contribution >= 0.6 is 11.6 Å². The minimum Gasteiger partial charge on any atom is -0.339 e. The molecule has 1 unspecified atom stereocenters. The fourth-order valence-electron chi connectivity index (χ4n) is 3.17. The van der Waals surface area contributed by atoms with E-state index in [0.29, 0.717) is 31.7 Å². The van der Waals surface area contributed by atoms with Crippen molar-refractivity contribution >= 4 is 23.4 Å². The molecule has 1 fully saturated rings. The first-order valence-corrected chi connectivity index (χ1v) is 9.38. The zero-order chi connectivity index (χ0) is 18.4. The number of carbonyl (C=O) groups excluding carboxylic acids is 2. The maximum absolute atomic E-state index is 13.1. The van der Waals surface area contributed by atoms with Crippen LogP contribution in [0.4, 0.5) is 4.39 Å². The molecule has 1 aromatic carbocycles. The van der Waals surface area contributed by atoms with Crippen molar-refractivity contribution in [2.24, 2.45) is 5.92 Å². The Morgan fingerprint density at radius 1 is 1.16 bits per heavy atom. The first-order valence-electron chi connectivity index (χ1n) is 9.01. The SMILES string of the molecule is CCCCC(CC)C(=O)N1CCN(C(=O)c2ccc(F)cc2Cl)CC1. The summed E-state index contributed by atoms with van der Waals surface area (Å²) in [6, 6.07) is 3.79. The van der Waals surface area contributed by atoms with Crippen LogP contribution in [0.25, 0.3) is 0 Å². The van der Waals surface area contributed by atoms with Crippen LogP contribution in [0.5, 0.6) is 0 Å². The van der Waals surface area contributed by atoms with Gasteiger partial charge in [0.2, 0.25) is 5.91 Å². The highest BCUT2D eigenvalue weighted by atomic mass is 35.5. The zero-order valence-electron chi connectivity index (χ0n) is 14.9. The lowest BCUT2D eigenvalue weighted by molar-refractivity contribution is -0.137. The Hall–Kier alpha value is -1.62. The molecule has 0 radical (unpaired) electrons. The molecule has 138 valence electrons. The van der Waals surface area contributed by atoms with Crippen LogP contribution in [0.1, 0.15) is 49.9 Å². The predicted octanol–water partition coefficient (Wildman–Crippen LogP) is 3.98. The summed E-state index contributed by atoms with van der Waals surface area (Å²) in [5.74, 6) is -0.401. The van der Waals surface area contributed by atoms with Crippen LogP contribution in [-0.4, -0.2) is 47.8 Å². The Morgan fingerprint density at radius 2 is 1.80 bits per heavy atom. The van der Waals surface area contributed by atoms with Crippen LogP contribution in [-0.2, 0) is 4.79 Å². The monoisotopic (exact) mass is 368 g/mol. The molecule has 0 bridgehead atoms. The number of benzene rings is 1. The highest BCUT2D eigenvalue weighted by Gasteiger charge is 2.28. The molecule has 1 aliphatic rings. The Kier molecular flexibility index (Phi) is 7.24. The van der Waals surface area contributed by atoms with E-state index in [-0.39, 0.29) is 22.8 Å². The van der Waals surface area contributed by atoms with Gasteiger partial charge in [-0.15, -0.1) is 0 Å². The number of hydrogen-bond donors (Lipinski definition) is 0. The van der Waals surface area contributed by atoms with Crippen LogP contribution in [0.2, 0.25) is 5.02 Å². The summed E-state index contributed by atoms with van der Waals surface area (Å²) in [7, 11) is 0. The lowest BCUT2D eigenvalue weighted by Gasteiger charge is -2.36. The van der Waals surface area contributed by atoms with Gasteiger partial charge in [-0.05, 0) is 31.0 Å². The maximum Gasteiger partial charge on any atom is 0.255 e. The van der Waals surface area contributed by atoms with Crippen LogP contribution < -0.4 is 0 Å². The molecule has 0 aromatic heterocycles. The number of halogens is 2. The van der Waals surface area contributed by atoms with Gasteiger partial charge in [-0.2, -0.15) is 0 Å². The fourth-order valence-corrected chi connectivity index (χ4v) is 3.42. The van der Waals surface area contributed by atoms with Gasteiger partial charge >= 0.3 is 0 Å². The molecule has 1 saturated heterocycles. The zero-order valence-corrected chi connectivity index (χ0v) is 15.7. The van der Waals surface area contributed by atoms with Crippen molar-refractivity contribution in [1.82, 2.24) is 9.80 Å². The van der Waals surface area contributed by atoms with Crippen molar-refractivity contribution < 1.29 is 14.0 Å². The molecular weight excluding hydrogens is 343 g/mol. The number of nitrogens with zero attached hydrogens (tertiary/aromatic N) is 2. The highest BCUT2D eigenvalue weighted by Crippen LogP contribution is 2.21. The van der Waals surface area contributed by atoms with E-state index < -0.39 is 5.82 Å². The summed E-state index contributed by atoms with van der Waals surface area (Å²) in [6.07, 6.45) is 3.93. The van der Waals surface area contributed by atoms with Crippen molar-refractivity contribution in [3.05, 3.63) is 34.6 Å². The second-order valence-corrected chi connectivity index (χ2v) is 6.90. The highest BCUT2D eigenvalue weighted by molar-refractivity contribution is 6.33. The molecule has 0 spiro atoms. The first-order chi connectivity index (χ1) is 12.0. The van der Waals surface area contributed by atoms with Crippen LogP contribution in [0.15, 0.2) is 18.2 Å². The number of hydrogen-bond acceptors (Lipinski definition) is 2. The molecule has 2 amide bonds. The summed E-state index contributed by atoms with van der Waals surface area (Å²) >= 11 is 5.98. The van der Waals surface area contributed by atoms with Gasteiger partial charge in [0.25, 0.3) is 5.91 Å². The van der Waals surface area contributed by atoms with E-state index in [1.807, 2.05) is 4.90 Å². The smallest absolute Gasteiger partial charge is 0.255 e. The third-order valence-electron chi connectivity index (χ3n) is 4.79. The lowest BCUT2D eigenvalue weighted by Crippen LogP contribution is -2.52. The molecular formula is C19H26ClFN2O2. The van der Waals surface area contributed by atoms with Gasteiger partial charge in [-0.3, -0.25) is 9.59 Å². The van der Waals surface area contributed by atoms with Gasteiger partial charge in [0, 0.05) is 32.1 Å². The molecule has 1 heterocycles. The number of amides is 2. The molecule has 1 aliphatic heterocycles. The van der Waals surface area contributed by atoms with E-state index in [2.05, 4.69) is 13.8 Å². The molecule has 1 aromatic rings. The summed E-state index contributed by atoms with van der Waals surface area (Å²) < 4.78 is 13.1. The van der Waals surface area contributed by atoms with Crippen LogP contribution in [0, 0.1) is 11.7 Å². The van der Waals surface area contributed by atoms with E-state index >= 15 is 0 Å². The predicted molar refractivity (Wildman–Crippen MR) is 97.2 cm³/mol. The molecule has 25 heavy (non-hydrogen) atoms. The number of unbranched alkanes of at least 4 members (excludes halogenated alkanes) is 1. The standard InChI is InChI=1S/C19H26ClFN2O2/c1-3-5-6-14(4-2)18(24)22-9-11-23(12-10-22)19(25)16-8-7-15(21)13-17(16)20/h7-8,13-14H,3-6,9-12H2,1-2H3. The minimum atomic E-state index is -0.463. The van der Waals surface area contributed by atoms with Gasteiger partial charge in [0.15, 0.2) is 0 Å². The van der Waals surface area contributed by atoms with Crippen molar-refractivity contribution in [2.75, 3.05) is 26.2 Å². The van der Waals surface area contributed by atoms with E-state index in [1.54, 1.807) is 4.90 Å². The molecule has 4 nitrogen and oxygen atoms in total. The molecule has 1 atom stereocenters. The fraction of sp³-hybridized carbons (Fsp3) is 0.579. The van der Waals surface area contributed by atoms with E-state index in [4.69, 9.17) is 11.6 Å². The second-order valence-electron chi connectivity index (χ2n) is 6.49. The third kappa shape index (κ3) is 4.94. The van der Waals surface area contributed by atoms with Crippen molar-refractivity contribution in [1.29, 1.82) is 0 Å². The summed E-state index contributed by atoms with van der Waals surface area (Å²) in [6.45, 7) is 6.19. The topological polar surface area (TPSA) is 40.6 Å². The van der Waals surface area contributed by atoms with E-state index in [0.717, 1.165) is 31.7 Å². The molecule has 0 saturated carbocycles.